The summed E-state index contributed by atoms with van der Waals surface area (Å²) < 4.78 is 22.0. The molecule has 1 aromatic rings. The molecule has 1 aromatic carbocycles. The molecule has 1 rings (SSSR count). The normalized spacial score (nSPS) is 9.36. The maximum Gasteiger partial charge on any atom is 0.411 e. The van der Waals surface area contributed by atoms with Crippen molar-refractivity contribution in [3.05, 3.63) is 24.0 Å². The number of ether oxygens (including phenoxy) is 2. The highest BCUT2D eigenvalue weighted by atomic mass is 19.1. The van der Waals surface area contributed by atoms with E-state index in [4.69, 9.17) is 4.74 Å². The van der Waals surface area contributed by atoms with Gasteiger partial charge >= 0.3 is 6.09 Å². The van der Waals surface area contributed by atoms with Crippen molar-refractivity contribution in [2.75, 3.05) is 19.5 Å². The summed E-state index contributed by atoms with van der Waals surface area (Å²) in [7, 11) is 2.63. The molecule has 0 aliphatic carbocycles. The first kappa shape index (κ1) is 10.3. The number of anilines is 1. The second-order valence-electron chi connectivity index (χ2n) is 2.46. The number of amides is 1. The summed E-state index contributed by atoms with van der Waals surface area (Å²) in [6, 6.07) is 3.78. The third-order valence-electron chi connectivity index (χ3n) is 1.59. The Morgan fingerprint density at radius 1 is 1.43 bits per heavy atom. The minimum absolute atomic E-state index is 0.246. The predicted octanol–water partition coefficient (Wildman–Crippen LogP) is 2.01. The molecule has 76 valence electrons. The lowest BCUT2D eigenvalue weighted by atomic mass is 10.3. The molecule has 5 heteroatoms. The monoisotopic (exact) mass is 199 g/mol. The van der Waals surface area contributed by atoms with E-state index in [-0.39, 0.29) is 5.75 Å². The molecule has 0 radical (unpaired) electrons. The van der Waals surface area contributed by atoms with Crippen LogP contribution in [0.5, 0.6) is 5.75 Å². The maximum absolute atomic E-state index is 12.7. The van der Waals surface area contributed by atoms with Gasteiger partial charge < -0.3 is 9.47 Å². The van der Waals surface area contributed by atoms with E-state index in [1.807, 2.05) is 0 Å². The average Bonchev–Trinajstić information content (AvgIpc) is 2.20. The van der Waals surface area contributed by atoms with Crippen LogP contribution in [-0.2, 0) is 4.74 Å². The Kier molecular flexibility index (Phi) is 3.28. The van der Waals surface area contributed by atoms with Gasteiger partial charge in [-0.05, 0) is 12.1 Å². The van der Waals surface area contributed by atoms with Crippen molar-refractivity contribution in [2.45, 2.75) is 0 Å². The number of hydrogen-bond acceptors (Lipinski definition) is 3. The van der Waals surface area contributed by atoms with E-state index in [1.165, 1.54) is 32.4 Å². The molecule has 0 aliphatic rings. The zero-order valence-corrected chi connectivity index (χ0v) is 7.83. The third-order valence-corrected chi connectivity index (χ3v) is 1.59. The first-order chi connectivity index (χ1) is 6.67. The molecule has 1 N–H and O–H groups in total. The lowest BCUT2D eigenvalue weighted by Crippen LogP contribution is -2.11. The van der Waals surface area contributed by atoms with Crippen molar-refractivity contribution in [2.24, 2.45) is 0 Å². The summed E-state index contributed by atoms with van der Waals surface area (Å²) in [5.41, 5.74) is 0.362. The third kappa shape index (κ3) is 2.35. The highest BCUT2D eigenvalue weighted by molar-refractivity contribution is 5.86. The van der Waals surface area contributed by atoms with Gasteiger partial charge in [-0.25, -0.2) is 9.18 Å². The van der Waals surface area contributed by atoms with Crippen molar-refractivity contribution in [1.29, 1.82) is 0 Å². The lowest BCUT2D eigenvalue weighted by molar-refractivity contribution is 0.187. The van der Waals surface area contributed by atoms with Crippen LogP contribution in [0.3, 0.4) is 0 Å². The van der Waals surface area contributed by atoms with Gasteiger partial charge in [0.05, 0.1) is 19.9 Å². The second kappa shape index (κ2) is 4.45. The number of hydrogen-bond donors (Lipinski definition) is 1. The Hall–Kier alpha value is -1.78. The summed E-state index contributed by atoms with van der Waals surface area (Å²) in [6.45, 7) is 0. The van der Waals surface area contributed by atoms with E-state index < -0.39 is 11.9 Å². The fourth-order valence-electron chi connectivity index (χ4n) is 0.929. The highest BCUT2D eigenvalue weighted by Gasteiger charge is 2.07. The molecule has 0 atom stereocenters. The molecule has 0 heterocycles. The largest absolute Gasteiger partial charge is 0.494 e. The van der Waals surface area contributed by atoms with Crippen LogP contribution in [0.15, 0.2) is 18.2 Å². The van der Waals surface area contributed by atoms with Gasteiger partial charge in [-0.3, -0.25) is 5.32 Å². The summed E-state index contributed by atoms with van der Waals surface area (Å²) in [5.74, 6) is -0.187. The Labute approximate surface area is 80.6 Å². The summed E-state index contributed by atoms with van der Waals surface area (Å²) in [5, 5.41) is 2.39. The van der Waals surface area contributed by atoms with Crippen LogP contribution in [0.2, 0.25) is 0 Å². The van der Waals surface area contributed by atoms with Crippen LogP contribution in [0, 0.1) is 5.82 Å². The fraction of sp³-hybridized carbons (Fsp3) is 0.222. The first-order valence-corrected chi connectivity index (χ1v) is 3.86. The molecular weight excluding hydrogens is 189 g/mol. The van der Waals surface area contributed by atoms with Gasteiger partial charge in [0.1, 0.15) is 11.6 Å². The number of halogens is 1. The Bertz CT molecular complexity index is 341. The SMILES string of the molecule is COC(=O)Nc1ccc(F)cc1OC. The fourth-order valence-corrected chi connectivity index (χ4v) is 0.929. The number of carbonyl (C=O) groups excluding carboxylic acids is 1. The van der Waals surface area contributed by atoms with Crippen LogP contribution in [-0.4, -0.2) is 20.3 Å². The van der Waals surface area contributed by atoms with Gasteiger partial charge in [0.15, 0.2) is 0 Å². The molecule has 0 aliphatic heterocycles. The van der Waals surface area contributed by atoms with E-state index in [1.54, 1.807) is 0 Å². The Balaban J connectivity index is 2.90. The number of rotatable bonds is 2. The zero-order valence-electron chi connectivity index (χ0n) is 7.83. The average molecular weight is 199 g/mol. The summed E-state index contributed by atoms with van der Waals surface area (Å²) in [4.78, 5) is 10.9. The van der Waals surface area contributed by atoms with Crippen LogP contribution < -0.4 is 10.1 Å². The van der Waals surface area contributed by atoms with Crippen molar-refractivity contribution < 1.29 is 18.7 Å². The van der Waals surface area contributed by atoms with Crippen molar-refractivity contribution >= 4 is 11.8 Å². The molecule has 0 bridgehead atoms. The van der Waals surface area contributed by atoms with Crippen LogP contribution in [0.4, 0.5) is 14.9 Å². The van der Waals surface area contributed by atoms with E-state index in [9.17, 15) is 9.18 Å². The van der Waals surface area contributed by atoms with E-state index in [2.05, 4.69) is 10.1 Å². The number of carbonyl (C=O) groups is 1. The number of benzene rings is 1. The predicted molar refractivity (Wildman–Crippen MR) is 49.0 cm³/mol. The molecule has 0 spiro atoms. The van der Waals surface area contributed by atoms with Gasteiger partial charge in [-0.2, -0.15) is 0 Å². The van der Waals surface area contributed by atoms with Gasteiger partial charge in [0.25, 0.3) is 0 Å². The molecule has 0 saturated heterocycles. The van der Waals surface area contributed by atoms with Crippen molar-refractivity contribution in [3.8, 4) is 5.75 Å². The van der Waals surface area contributed by atoms with Crippen LogP contribution in [0.25, 0.3) is 0 Å². The van der Waals surface area contributed by atoms with E-state index in [0.717, 1.165) is 0 Å². The molecule has 0 aromatic heterocycles. The summed E-state index contributed by atoms with van der Waals surface area (Å²) >= 11 is 0. The molecule has 0 saturated carbocycles. The lowest BCUT2D eigenvalue weighted by Gasteiger charge is -2.08. The van der Waals surface area contributed by atoms with Crippen LogP contribution >= 0.6 is 0 Å². The quantitative estimate of drug-likeness (QED) is 0.792. The van der Waals surface area contributed by atoms with Gasteiger partial charge in [0.2, 0.25) is 0 Å². The van der Waals surface area contributed by atoms with Crippen molar-refractivity contribution in [3.63, 3.8) is 0 Å². The van der Waals surface area contributed by atoms with Crippen molar-refractivity contribution in [1.82, 2.24) is 0 Å². The number of methoxy groups -OCH3 is 2. The van der Waals surface area contributed by atoms with E-state index in [0.29, 0.717) is 5.69 Å². The van der Waals surface area contributed by atoms with Gasteiger partial charge in [0, 0.05) is 6.07 Å². The first-order valence-electron chi connectivity index (χ1n) is 3.86. The van der Waals surface area contributed by atoms with E-state index >= 15 is 0 Å². The standard InChI is InChI=1S/C9H10FNO3/c1-13-8-5-6(10)3-4-7(8)11-9(12)14-2/h3-5H,1-2H3,(H,11,12). The molecule has 1 amide bonds. The second-order valence-corrected chi connectivity index (χ2v) is 2.46. The molecule has 0 fully saturated rings. The molecule has 14 heavy (non-hydrogen) atoms. The molecule has 4 nitrogen and oxygen atoms in total. The Morgan fingerprint density at radius 2 is 2.14 bits per heavy atom. The minimum Gasteiger partial charge on any atom is -0.494 e. The van der Waals surface area contributed by atoms with Gasteiger partial charge in [-0.1, -0.05) is 0 Å². The topological polar surface area (TPSA) is 47.6 Å². The van der Waals surface area contributed by atoms with Crippen LogP contribution in [0.1, 0.15) is 0 Å². The minimum atomic E-state index is -0.630. The maximum atomic E-state index is 12.7. The van der Waals surface area contributed by atoms with Gasteiger partial charge in [-0.15, -0.1) is 0 Å². The smallest absolute Gasteiger partial charge is 0.411 e. The highest BCUT2D eigenvalue weighted by Crippen LogP contribution is 2.24. The Morgan fingerprint density at radius 3 is 2.71 bits per heavy atom. The zero-order chi connectivity index (χ0) is 10.6. The number of nitrogens with one attached hydrogen (secondary N) is 1. The molecular formula is C9H10FNO3. The molecule has 0 unspecified atom stereocenters. The summed E-state index contributed by atoms with van der Waals surface area (Å²) in [6.07, 6.45) is -0.630.